The van der Waals surface area contributed by atoms with Gasteiger partial charge in [-0.05, 0) is 54.7 Å². The van der Waals surface area contributed by atoms with Gasteiger partial charge in [0.1, 0.15) is 0 Å². The number of aryl methyl sites for hydroxylation is 2. The van der Waals surface area contributed by atoms with Crippen LogP contribution in [0.2, 0.25) is 0 Å². The van der Waals surface area contributed by atoms with E-state index in [2.05, 4.69) is 52.3 Å². The zero-order valence-electron chi connectivity index (χ0n) is 12.6. The molecule has 101 valence electrons. The number of benzene rings is 1. The maximum Gasteiger partial charge on any atom is -0.00619 e. The third-order valence-electron chi connectivity index (χ3n) is 3.39. The average Bonchev–Trinajstić information content (AvgIpc) is 2.35. The highest BCUT2D eigenvalue weighted by atomic mass is 14.1. The van der Waals surface area contributed by atoms with Gasteiger partial charge >= 0.3 is 0 Å². The van der Waals surface area contributed by atoms with Gasteiger partial charge in [0, 0.05) is 0 Å². The van der Waals surface area contributed by atoms with E-state index in [9.17, 15) is 0 Å². The Bertz CT molecular complexity index is 310. The second kappa shape index (κ2) is 8.34. The van der Waals surface area contributed by atoms with Crippen LogP contribution >= 0.6 is 0 Å². The molecular weight excluding hydrogens is 216 g/mol. The third kappa shape index (κ3) is 4.84. The monoisotopic (exact) mass is 245 g/mol. The molecule has 1 rings (SSSR count). The second-order valence-corrected chi connectivity index (χ2v) is 5.61. The first-order valence-corrected chi connectivity index (χ1v) is 7.64. The maximum atomic E-state index is 2.45. The summed E-state index contributed by atoms with van der Waals surface area (Å²) in [6.07, 6.45) is 10.1. The molecule has 1 radical (unpaired) electrons. The molecule has 0 aliphatic carbocycles. The van der Waals surface area contributed by atoms with E-state index in [0.29, 0.717) is 5.92 Å². The standard InChI is InChI=1S/C18H29/c1-5-7-10-16-12-9-13-17(11-8-6-2)18(16)14-15(3)4/h9,12-15H,5-8,10-11H2,1-4H3. The van der Waals surface area contributed by atoms with Crippen molar-refractivity contribution in [3.05, 3.63) is 41.3 Å². The Morgan fingerprint density at radius 1 is 0.944 bits per heavy atom. The van der Waals surface area contributed by atoms with Gasteiger partial charge in [0.05, 0.1) is 0 Å². The van der Waals surface area contributed by atoms with Gasteiger partial charge in [0.25, 0.3) is 0 Å². The van der Waals surface area contributed by atoms with Crippen molar-refractivity contribution in [3.8, 4) is 0 Å². The molecule has 0 aliphatic heterocycles. The largest absolute Gasteiger partial charge is 0.0654 e. The fourth-order valence-electron chi connectivity index (χ4n) is 2.38. The van der Waals surface area contributed by atoms with Gasteiger partial charge in [0.15, 0.2) is 0 Å². The van der Waals surface area contributed by atoms with Crippen LogP contribution in [0.25, 0.3) is 0 Å². The van der Waals surface area contributed by atoms with Crippen molar-refractivity contribution in [1.82, 2.24) is 0 Å². The molecule has 0 amide bonds. The highest BCUT2D eigenvalue weighted by Crippen LogP contribution is 2.23. The lowest BCUT2D eigenvalue weighted by Gasteiger charge is -2.16. The first-order chi connectivity index (χ1) is 8.69. The Morgan fingerprint density at radius 2 is 1.44 bits per heavy atom. The molecule has 0 fully saturated rings. The Hall–Kier alpha value is -0.780. The molecule has 0 spiro atoms. The molecule has 0 aromatic heterocycles. The third-order valence-corrected chi connectivity index (χ3v) is 3.39. The number of hydrogen-bond acceptors (Lipinski definition) is 0. The van der Waals surface area contributed by atoms with Gasteiger partial charge in [-0.2, -0.15) is 0 Å². The van der Waals surface area contributed by atoms with Gasteiger partial charge in [-0.15, -0.1) is 0 Å². The molecule has 0 aliphatic rings. The van der Waals surface area contributed by atoms with Crippen molar-refractivity contribution in [3.63, 3.8) is 0 Å². The van der Waals surface area contributed by atoms with Crippen molar-refractivity contribution in [2.24, 2.45) is 5.92 Å². The molecule has 0 nitrogen and oxygen atoms in total. The number of unbranched alkanes of at least 4 members (excludes halogenated alkanes) is 2. The van der Waals surface area contributed by atoms with E-state index in [4.69, 9.17) is 0 Å². The van der Waals surface area contributed by atoms with Crippen molar-refractivity contribution in [1.29, 1.82) is 0 Å². The van der Waals surface area contributed by atoms with Crippen molar-refractivity contribution >= 4 is 0 Å². The molecule has 0 saturated carbocycles. The molecule has 1 aromatic rings. The number of rotatable bonds is 8. The van der Waals surface area contributed by atoms with E-state index >= 15 is 0 Å². The fourth-order valence-corrected chi connectivity index (χ4v) is 2.38. The summed E-state index contributed by atoms with van der Waals surface area (Å²) in [4.78, 5) is 0. The van der Waals surface area contributed by atoms with E-state index in [-0.39, 0.29) is 0 Å². The Morgan fingerprint density at radius 3 is 1.83 bits per heavy atom. The predicted octanol–water partition coefficient (Wildman–Crippen LogP) is 5.58. The summed E-state index contributed by atoms with van der Waals surface area (Å²) in [5, 5.41) is 0. The lowest BCUT2D eigenvalue weighted by atomic mass is 9.89. The van der Waals surface area contributed by atoms with E-state index in [1.54, 1.807) is 11.1 Å². The zero-order valence-corrected chi connectivity index (χ0v) is 12.6. The SMILES string of the molecule is CCCCc1cccc(CCCC)c1[CH]C(C)C. The Kier molecular flexibility index (Phi) is 7.08. The van der Waals surface area contributed by atoms with Gasteiger partial charge in [-0.25, -0.2) is 0 Å². The normalized spacial score (nSPS) is 11.2. The van der Waals surface area contributed by atoms with Crippen LogP contribution in [0.5, 0.6) is 0 Å². The molecule has 0 N–H and O–H groups in total. The minimum absolute atomic E-state index is 0.633. The van der Waals surface area contributed by atoms with Gasteiger partial charge in [-0.3, -0.25) is 0 Å². The van der Waals surface area contributed by atoms with Crippen molar-refractivity contribution in [2.75, 3.05) is 0 Å². The molecular formula is C18H29. The van der Waals surface area contributed by atoms with Crippen LogP contribution in [0.4, 0.5) is 0 Å². The molecule has 0 bridgehead atoms. The first-order valence-electron chi connectivity index (χ1n) is 7.64. The zero-order chi connectivity index (χ0) is 13.4. The fraction of sp³-hybridized carbons (Fsp3) is 0.611. The lowest BCUT2D eigenvalue weighted by Crippen LogP contribution is -2.03. The predicted molar refractivity (Wildman–Crippen MR) is 81.9 cm³/mol. The highest BCUT2D eigenvalue weighted by molar-refractivity contribution is 5.41. The topological polar surface area (TPSA) is 0 Å². The molecule has 0 unspecified atom stereocenters. The molecule has 0 heterocycles. The van der Waals surface area contributed by atoms with Crippen LogP contribution < -0.4 is 0 Å². The maximum absolute atomic E-state index is 2.45. The Labute approximate surface area is 114 Å². The van der Waals surface area contributed by atoms with E-state index in [0.717, 1.165) is 0 Å². The average molecular weight is 245 g/mol. The number of hydrogen-bond donors (Lipinski definition) is 0. The van der Waals surface area contributed by atoms with Crippen LogP contribution in [0.3, 0.4) is 0 Å². The minimum Gasteiger partial charge on any atom is -0.0654 e. The van der Waals surface area contributed by atoms with Crippen LogP contribution in [0.15, 0.2) is 18.2 Å². The smallest absolute Gasteiger partial charge is 0.00619 e. The quantitative estimate of drug-likeness (QED) is 0.561. The van der Waals surface area contributed by atoms with Crippen LogP contribution in [0, 0.1) is 12.3 Å². The van der Waals surface area contributed by atoms with Crippen LogP contribution in [-0.2, 0) is 12.8 Å². The van der Waals surface area contributed by atoms with Crippen molar-refractivity contribution in [2.45, 2.75) is 66.2 Å². The summed E-state index contributed by atoms with van der Waals surface area (Å²) in [7, 11) is 0. The van der Waals surface area contributed by atoms with E-state index < -0.39 is 0 Å². The second-order valence-electron chi connectivity index (χ2n) is 5.61. The van der Waals surface area contributed by atoms with Crippen LogP contribution in [-0.4, -0.2) is 0 Å². The molecule has 0 atom stereocenters. The summed E-state index contributed by atoms with van der Waals surface area (Å²) >= 11 is 0. The molecule has 0 heteroatoms. The van der Waals surface area contributed by atoms with Gasteiger partial charge < -0.3 is 0 Å². The van der Waals surface area contributed by atoms with E-state index in [1.165, 1.54) is 44.1 Å². The summed E-state index contributed by atoms with van der Waals surface area (Å²) in [5.74, 6) is 0.633. The molecule has 18 heavy (non-hydrogen) atoms. The summed E-state index contributed by atoms with van der Waals surface area (Å²) in [5.41, 5.74) is 4.65. The summed E-state index contributed by atoms with van der Waals surface area (Å²) in [6.45, 7) is 9.10. The first kappa shape index (κ1) is 15.3. The highest BCUT2D eigenvalue weighted by Gasteiger charge is 2.10. The molecule has 0 saturated heterocycles. The molecule has 1 aromatic carbocycles. The van der Waals surface area contributed by atoms with Gasteiger partial charge in [-0.1, -0.05) is 58.7 Å². The summed E-state index contributed by atoms with van der Waals surface area (Å²) < 4.78 is 0. The van der Waals surface area contributed by atoms with Gasteiger partial charge in [0.2, 0.25) is 0 Å². The minimum atomic E-state index is 0.633. The summed E-state index contributed by atoms with van der Waals surface area (Å²) in [6, 6.07) is 6.88. The lowest BCUT2D eigenvalue weighted by molar-refractivity contribution is 0.740. The van der Waals surface area contributed by atoms with E-state index in [1.807, 2.05) is 0 Å². The van der Waals surface area contributed by atoms with Crippen molar-refractivity contribution < 1.29 is 0 Å². The van der Waals surface area contributed by atoms with Crippen LogP contribution in [0.1, 0.15) is 70.1 Å². The Balaban J connectivity index is 2.92.